The molecule has 5 heteroatoms. The van der Waals surface area contributed by atoms with E-state index in [0.29, 0.717) is 18.7 Å². The molecule has 0 aromatic carbocycles. The number of aromatic nitrogens is 1. The maximum Gasteiger partial charge on any atom is 0.254 e. The average Bonchev–Trinajstić information content (AvgIpc) is 2.53. The molecule has 0 N–H and O–H groups in total. The van der Waals surface area contributed by atoms with E-state index in [-0.39, 0.29) is 11.9 Å². The van der Waals surface area contributed by atoms with E-state index in [2.05, 4.69) is 22.9 Å². The van der Waals surface area contributed by atoms with Crippen molar-refractivity contribution in [2.45, 2.75) is 25.8 Å². The van der Waals surface area contributed by atoms with E-state index in [1.807, 2.05) is 4.90 Å². The molecule has 0 aliphatic carbocycles. The summed E-state index contributed by atoms with van der Waals surface area (Å²) in [5.41, 5.74) is 0.679. The van der Waals surface area contributed by atoms with Crippen LogP contribution in [0.25, 0.3) is 0 Å². The zero-order valence-electron chi connectivity index (χ0n) is 11.8. The van der Waals surface area contributed by atoms with E-state index in [9.17, 15) is 10.1 Å². The van der Waals surface area contributed by atoms with E-state index in [4.69, 9.17) is 0 Å². The molecule has 0 radical (unpaired) electrons. The molecule has 2 rings (SSSR count). The zero-order chi connectivity index (χ0) is 14.4. The summed E-state index contributed by atoms with van der Waals surface area (Å²) in [5, 5.41) is 9.18. The van der Waals surface area contributed by atoms with Crippen LogP contribution in [0.3, 0.4) is 0 Å². The minimum atomic E-state index is -0.0156. The van der Waals surface area contributed by atoms with Crippen molar-refractivity contribution in [2.75, 3.05) is 26.2 Å². The highest BCUT2D eigenvalue weighted by atomic mass is 16.2. The van der Waals surface area contributed by atoms with Crippen molar-refractivity contribution in [1.82, 2.24) is 14.8 Å². The molecule has 1 unspecified atom stereocenters. The molecule has 20 heavy (non-hydrogen) atoms. The molecule has 1 aliphatic rings. The van der Waals surface area contributed by atoms with Crippen LogP contribution in [0.1, 0.15) is 30.1 Å². The van der Waals surface area contributed by atoms with E-state index in [1.54, 1.807) is 24.5 Å². The first-order chi connectivity index (χ1) is 9.76. The van der Waals surface area contributed by atoms with E-state index in [1.165, 1.54) is 0 Å². The van der Waals surface area contributed by atoms with Gasteiger partial charge in [0.25, 0.3) is 5.91 Å². The van der Waals surface area contributed by atoms with Gasteiger partial charge >= 0.3 is 0 Å². The second-order valence-electron chi connectivity index (χ2n) is 5.00. The van der Waals surface area contributed by atoms with Gasteiger partial charge in [0.2, 0.25) is 0 Å². The Morgan fingerprint density at radius 1 is 1.35 bits per heavy atom. The number of amides is 1. The van der Waals surface area contributed by atoms with Crippen LogP contribution in [0.4, 0.5) is 0 Å². The number of hydrogen-bond acceptors (Lipinski definition) is 4. The summed E-state index contributed by atoms with van der Waals surface area (Å²) in [4.78, 5) is 20.2. The SMILES string of the molecule is CCCC(C#N)N1CCN(C(=O)c2ccncc2)CC1. The molecule has 1 fully saturated rings. The fraction of sp³-hybridized carbons (Fsp3) is 0.533. The van der Waals surface area contributed by atoms with E-state index in [0.717, 1.165) is 25.9 Å². The third-order valence-electron chi connectivity index (χ3n) is 3.68. The lowest BCUT2D eigenvalue weighted by Gasteiger charge is -2.36. The van der Waals surface area contributed by atoms with Gasteiger partial charge < -0.3 is 4.90 Å². The smallest absolute Gasteiger partial charge is 0.254 e. The molecule has 1 amide bonds. The van der Waals surface area contributed by atoms with Gasteiger partial charge in [0.15, 0.2) is 0 Å². The molecule has 5 nitrogen and oxygen atoms in total. The predicted molar refractivity (Wildman–Crippen MR) is 76.0 cm³/mol. The van der Waals surface area contributed by atoms with Crippen molar-refractivity contribution in [2.24, 2.45) is 0 Å². The Morgan fingerprint density at radius 3 is 2.55 bits per heavy atom. The van der Waals surface area contributed by atoms with Crippen LogP contribution in [-0.2, 0) is 0 Å². The van der Waals surface area contributed by atoms with E-state index < -0.39 is 0 Å². The number of piperazine rings is 1. The van der Waals surface area contributed by atoms with Gasteiger partial charge in [-0.2, -0.15) is 5.26 Å². The lowest BCUT2D eigenvalue weighted by molar-refractivity contribution is 0.0601. The van der Waals surface area contributed by atoms with Crippen molar-refractivity contribution in [3.8, 4) is 6.07 Å². The first-order valence-corrected chi connectivity index (χ1v) is 7.09. The Hall–Kier alpha value is -1.93. The molecule has 2 heterocycles. The van der Waals surface area contributed by atoms with Crippen molar-refractivity contribution in [3.05, 3.63) is 30.1 Å². The zero-order valence-corrected chi connectivity index (χ0v) is 11.8. The molecular weight excluding hydrogens is 252 g/mol. The number of nitrogens with zero attached hydrogens (tertiary/aromatic N) is 4. The molecular formula is C15H20N4O. The lowest BCUT2D eigenvalue weighted by atomic mass is 10.1. The summed E-state index contributed by atoms with van der Waals surface area (Å²) in [5.74, 6) is 0.0519. The van der Waals surface area contributed by atoms with Gasteiger partial charge in [0.05, 0.1) is 12.1 Å². The monoisotopic (exact) mass is 272 g/mol. The third kappa shape index (κ3) is 3.34. The Labute approximate surface area is 119 Å². The second-order valence-corrected chi connectivity index (χ2v) is 5.00. The number of nitriles is 1. The van der Waals surface area contributed by atoms with Crippen molar-refractivity contribution < 1.29 is 4.79 Å². The van der Waals surface area contributed by atoms with Crippen molar-refractivity contribution >= 4 is 5.91 Å². The van der Waals surface area contributed by atoms with Gasteiger partial charge in [-0.05, 0) is 18.6 Å². The van der Waals surface area contributed by atoms with Crippen LogP contribution in [0.15, 0.2) is 24.5 Å². The Kier molecular flexibility index (Phi) is 5.08. The summed E-state index contributed by atoms with van der Waals surface area (Å²) in [6, 6.07) is 5.83. The quantitative estimate of drug-likeness (QED) is 0.834. The summed E-state index contributed by atoms with van der Waals surface area (Å²) in [7, 11) is 0. The molecule has 1 atom stereocenters. The maximum atomic E-state index is 12.3. The minimum absolute atomic E-state index is 0.0156. The predicted octanol–water partition coefficient (Wildman–Crippen LogP) is 1.53. The number of hydrogen-bond donors (Lipinski definition) is 0. The standard InChI is InChI=1S/C15H20N4O/c1-2-3-14(12-16)18-8-10-19(11-9-18)15(20)13-4-6-17-7-5-13/h4-7,14H,2-3,8-11H2,1H3. The molecule has 1 aromatic rings. The van der Waals surface area contributed by atoms with Gasteiger partial charge in [-0.25, -0.2) is 0 Å². The van der Waals surface area contributed by atoms with Crippen LogP contribution in [0.2, 0.25) is 0 Å². The fourth-order valence-corrected chi connectivity index (χ4v) is 2.52. The third-order valence-corrected chi connectivity index (χ3v) is 3.68. The lowest BCUT2D eigenvalue weighted by Crippen LogP contribution is -2.51. The normalized spacial score (nSPS) is 17.5. The van der Waals surface area contributed by atoms with Gasteiger partial charge in [-0.1, -0.05) is 13.3 Å². The first kappa shape index (κ1) is 14.5. The molecule has 1 aromatic heterocycles. The second kappa shape index (κ2) is 7.01. The molecule has 106 valence electrons. The van der Waals surface area contributed by atoms with E-state index >= 15 is 0 Å². The highest BCUT2D eigenvalue weighted by molar-refractivity contribution is 5.94. The summed E-state index contributed by atoms with van der Waals surface area (Å²) in [6.07, 6.45) is 5.18. The summed E-state index contributed by atoms with van der Waals surface area (Å²) < 4.78 is 0. The summed E-state index contributed by atoms with van der Waals surface area (Å²) in [6.45, 7) is 5.00. The minimum Gasteiger partial charge on any atom is -0.336 e. The highest BCUT2D eigenvalue weighted by Gasteiger charge is 2.25. The number of rotatable bonds is 4. The molecule has 1 saturated heterocycles. The largest absolute Gasteiger partial charge is 0.336 e. The number of carbonyl (C=O) groups excluding carboxylic acids is 1. The van der Waals surface area contributed by atoms with Crippen LogP contribution < -0.4 is 0 Å². The van der Waals surface area contributed by atoms with Crippen LogP contribution in [0, 0.1) is 11.3 Å². The molecule has 0 saturated carbocycles. The average molecular weight is 272 g/mol. The Morgan fingerprint density at radius 2 is 2.00 bits per heavy atom. The molecule has 0 spiro atoms. The number of pyridine rings is 1. The molecule has 0 bridgehead atoms. The van der Waals surface area contributed by atoms with Crippen molar-refractivity contribution in [3.63, 3.8) is 0 Å². The van der Waals surface area contributed by atoms with Crippen LogP contribution in [0.5, 0.6) is 0 Å². The van der Waals surface area contributed by atoms with Crippen LogP contribution in [-0.4, -0.2) is 52.9 Å². The Bertz CT molecular complexity index is 474. The van der Waals surface area contributed by atoms with Crippen LogP contribution >= 0.6 is 0 Å². The van der Waals surface area contributed by atoms with Gasteiger partial charge in [-0.3, -0.25) is 14.7 Å². The fourth-order valence-electron chi connectivity index (χ4n) is 2.52. The number of carbonyl (C=O) groups is 1. The van der Waals surface area contributed by atoms with Gasteiger partial charge in [-0.15, -0.1) is 0 Å². The summed E-state index contributed by atoms with van der Waals surface area (Å²) >= 11 is 0. The topological polar surface area (TPSA) is 60.2 Å². The van der Waals surface area contributed by atoms with Gasteiger partial charge in [0, 0.05) is 44.1 Å². The first-order valence-electron chi connectivity index (χ1n) is 7.09. The molecule has 1 aliphatic heterocycles. The van der Waals surface area contributed by atoms with Gasteiger partial charge in [0.1, 0.15) is 0 Å². The Balaban J connectivity index is 1.91. The van der Waals surface area contributed by atoms with Crippen molar-refractivity contribution in [1.29, 1.82) is 5.26 Å². The maximum absolute atomic E-state index is 12.3. The highest BCUT2D eigenvalue weighted by Crippen LogP contribution is 2.12.